The largest absolute Gasteiger partial charge is 0.351 e. The lowest BCUT2D eigenvalue weighted by atomic mass is 10.1. The van der Waals surface area contributed by atoms with Gasteiger partial charge in [-0.1, -0.05) is 26.7 Å². The summed E-state index contributed by atoms with van der Waals surface area (Å²) in [5.74, 6) is 0.406. The summed E-state index contributed by atoms with van der Waals surface area (Å²) in [6.07, 6.45) is 7.56. The summed E-state index contributed by atoms with van der Waals surface area (Å²) in [5.41, 5.74) is 0.718. The zero-order valence-corrected chi connectivity index (χ0v) is 12.7. The van der Waals surface area contributed by atoms with Crippen LogP contribution in [0.2, 0.25) is 0 Å². The molecule has 20 heavy (non-hydrogen) atoms. The normalized spacial score (nSPS) is 19.9. The van der Waals surface area contributed by atoms with Crippen molar-refractivity contribution in [2.75, 3.05) is 18.0 Å². The molecule has 0 bridgehead atoms. The van der Waals surface area contributed by atoms with E-state index in [1.54, 1.807) is 12.3 Å². The van der Waals surface area contributed by atoms with Crippen LogP contribution in [0.5, 0.6) is 0 Å². The van der Waals surface area contributed by atoms with E-state index in [0.717, 1.165) is 37.9 Å². The molecule has 0 aromatic carbocycles. The van der Waals surface area contributed by atoms with E-state index in [2.05, 4.69) is 22.1 Å². The molecule has 1 N–H and O–H groups in total. The molecule has 112 valence electrons. The molecule has 0 saturated carbocycles. The topological polar surface area (TPSA) is 28.2 Å². The number of aromatic nitrogens is 1. The minimum atomic E-state index is -0.145. The van der Waals surface area contributed by atoms with Gasteiger partial charge in [-0.05, 0) is 31.9 Å². The van der Waals surface area contributed by atoms with Gasteiger partial charge in [0, 0.05) is 30.9 Å². The van der Waals surface area contributed by atoms with Crippen molar-refractivity contribution in [1.82, 2.24) is 10.3 Å². The molecule has 2 heterocycles. The summed E-state index contributed by atoms with van der Waals surface area (Å²) in [6, 6.07) is 2.20. The number of nitrogens with zero attached hydrogens (tertiary/aromatic N) is 2. The number of pyridine rings is 1. The maximum absolute atomic E-state index is 14.7. The third-order valence-corrected chi connectivity index (χ3v) is 4.14. The Bertz CT molecular complexity index is 422. The molecular formula is C16H26FN3. The van der Waals surface area contributed by atoms with Crippen molar-refractivity contribution in [3.8, 4) is 0 Å². The SMILES string of the molecule is CCNCc1ccnc(N2CCCCCC2CC)c1F. The molecule has 1 aromatic heterocycles. The minimum Gasteiger partial charge on any atom is -0.351 e. The quantitative estimate of drug-likeness (QED) is 0.894. The first-order valence-electron chi connectivity index (χ1n) is 7.88. The Balaban J connectivity index is 2.25. The van der Waals surface area contributed by atoms with Crippen molar-refractivity contribution in [3.05, 3.63) is 23.6 Å². The number of anilines is 1. The van der Waals surface area contributed by atoms with Gasteiger partial charge < -0.3 is 10.2 Å². The molecule has 1 unspecified atom stereocenters. The van der Waals surface area contributed by atoms with Crippen LogP contribution in [0.4, 0.5) is 10.2 Å². The minimum absolute atomic E-state index is 0.145. The molecule has 0 aliphatic carbocycles. The van der Waals surface area contributed by atoms with E-state index in [0.29, 0.717) is 18.4 Å². The fourth-order valence-electron chi connectivity index (χ4n) is 2.95. The highest BCUT2D eigenvalue weighted by Gasteiger charge is 2.24. The van der Waals surface area contributed by atoms with Crippen LogP contribution in [0.15, 0.2) is 12.3 Å². The van der Waals surface area contributed by atoms with Gasteiger partial charge in [-0.3, -0.25) is 0 Å². The number of halogens is 1. The smallest absolute Gasteiger partial charge is 0.170 e. The van der Waals surface area contributed by atoms with E-state index < -0.39 is 0 Å². The molecule has 1 saturated heterocycles. The van der Waals surface area contributed by atoms with Crippen molar-refractivity contribution in [1.29, 1.82) is 0 Å². The van der Waals surface area contributed by atoms with E-state index in [4.69, 9.17) is 0 Å². The summed E-state index contributed by atoms with van der Waals surface area (Å²) >= 11 is 0. The lowest BCUT2D eigenvalue weighted by molar-refractivity contribution is 0.526. The molecule has 3 nitrogen and oxygen atoms in total. The molecule has 2 rings (SSSR count). The van der Waals surface area contributed by atoms with Crippen molar-refractivity contribution in [3.63, 3.8) is 0 Å². The molecule has 0 radical (unpaired) electrons. The standard InChI is InChI=1S/C16H26FN3/c1-3-14-8-6-5-7-11-20(14)16-15(17)13(9-10-19-16)12-18-4-2/h9-10,14,18H,3-8,11-12H2,1-2H3. The van der Waals surface area contributed by atoms with Crippen LogP contribution in [-0.4, -0.2) is 24.1 Å². The van der Waals surface area contributed by atoms with Crippen LogP contribution in [0.3, 0.4) is 0 Å². The van der Waals surface area contributed by atoms with Gasteiger partial charge in [-0.25, -0.2) is 9.37 Å². The van der Waals surface area contributed by atoms with Gasteiger partial charge in [0.15, 0.2) is 11.6 Å². The van der Waals surface area contributed by atoms with Crippen molar-refractivity contribution in [2.45, 2.75) is 58.5 Å². The van der Waals surface area contributed by atoms with Crippen LogP contribution in [0, 0.1) is 5.82 Å². The van der Waals surface area contributed by atoms with Gasteiger partial charge in [0.2, 0.25) is 0 Å². The molecule has 1 aromatic rings. The third-order valence-electron chi connectivity index (χ3n) is 4.14. The summed E-state index contributed by atoms with van der Waals surface area (Å²) < 4.78 is 14.7. The lowest BCUT2D eigenvalue weighted by Gasteiger charge is -2.31. The first-order valence-corrected chi connectivity index (χ1v) is 7.88. The average molecular weight is 279 g/mol. The number of nitrogens with one attached hydrogen (secondary N) is 1. The van der Waals surface area contributed by atoms with Crippen LogP contribution < -0.4 is 10.2 Å². The Hall–Kier alpha value is -1.16. The van der Waals surface area contributed by atoms with Gasteiger partial charge in [0.1, 0.15) is 0 Å². The second-order valence-electron chi connectivity index (χ2n) is 5.49. The molecule has 0 spiro atoms. The fraction of sp³-hybridized carbons (Fsp3) is 0.688. The Morgan fingerprint density at radius 2 is 2.20 bits per heavy atom. The highest BCUT2D eigenvalue weighted by molar-refractivity contribution is 5.44. The zero-order chi connectivity index (χ0) is 14.4. The maximum Gasteiger partial charge on any atom is 0.170 e. The van der Waals surface area contributed by atoms with Gasteiger partial charge in [-0.15, -0.1) is 0 Å². The lowest BCUT2D eigenvalue weighted by Crippen LogP contribution is -2.36. The van der Waals surface area contributed by atoms with Crippen LogP contribution in [0.1, 0.15) is 51.5 Å². The Labute approximate surface area is 121 Å². The summed E-state index contributed by atoms with van der Waals surface area (Å²) in [5, 5.41) is 3.19. The van der Waals surface area contributed by atoms with E-state index in [9.17, 15) is 4.39 Å². The number of hydrogen-bond acceptors (Lipinski definition) is 3. The zero-order valence-electron chi connectivity index (χ0n) is 12.7. The van der Waals surface area contributed by atoms with Gasteiger partial charge in [0.25, 0.3) is 0 Å². The Morgan fingerprint density at radius 1 is 1.35 bits per heavy atom. The summed E-state index contributed by atoms with van der Waals surface area (Å²) in [6.45, 7) is 6.55. The first-order chi connectivity index (χ1) is 9.77. The highest BCUT2D eigenvalue weighted by Crippen LogP contribution is 2.27. The van der Waals surface area contributed by atoms with Crippen molar-refractivity contribution >= 4 is 5.82 Å². The second-order valence-corrected chi connectivity index (χ2v) is 5.49. The molecule has 0 amide bonds. The van der Waals surface area contributed by atoms with Crippen molar-refractivity contribution in [2.24, 2.45) is 0 Å². The highest BCUT2D eigenvalue weighted by atomic mass is 19.1. The van der Waals surface area contributed by atoms with Crippen LogP contribution in [0.25, 0.3) is 0 Å². The molecule has 4 heteroatoms. The number of hydrogen-bond donors (Lipinski definition) is 1. The molecule has 1 atom stereocenters. The van der Waals surface area contributed by atoms with Gasteiger partial charge in [-0.2, -0.15) is 0 Å². The second kappa shape index (κ2) is 7.58. The predicted molar refractivity (Wildman–Crippen MR) is 81.5 cm³/mol. The van der Waals surface area contributed by atoms with Crippen LogP contribution in [-0.2, 0) is 6.54 Å². The van der Waals surface area contributed by atoms with E-state index in [-0.39, 0.29) is 5.82 Å². The molecular weight excluding hydrogens is 253 g/mol. The van der Waals surface area contributed by atoms with Gasteiger partial charge in [0.05, 0.1) is 0 Å². The Kier molecular flexibility index (Phi) is 5.77. The van der Waals surface area contributed by atoms with Crippen LogP contribution >= 0.6 is 0 Å². The van der Waals surface area contributed by atoms with E-state index >= 15 is 0 Å². The first kappa shape index (κ1) is 15.2. The van der Waals surface area contributed by atoms with Crippen molar-refractivity contribution < 1.29 is 4.39 Å². The number of rotatable bonds is 5. The van der Waals surface area contributed by atoms with E-state index in [1.807, 2.05) is 6.92 Å². The maximum atomic E-state index is 14.7. The molecule has 1 aliphatic heterocycles. The molecule has 1 fully saturated rings. The monoisotopic (exact) mass is 279 g/mol. The predicted octanol–water partition coefficient (Wildman–Crippen LogP) is 3.49. The average Bonchev–Trinajstić information content (AvgIpc) is 2.71. The Morgan fingerprint density at radius 3 is 2.95 bits per heavy atom. The fourth-order valence-corrected chi connectivity index (χ4v) is 2.95. The third kappa shape index (κ3) is 3.48. The summed E-state index contributed by atoms with van der Waals surface area (Å²) in [7, 11) is 0. The van der Waals surface area contributed by atoms with Gasteiger partial charge >= 0.3 is 0 Å². The molecule has 1 aliphatic rings. The van der Waals surface area contributed by atoms with E-state index in [1.165, 1.54) is 12.8 Å². The summed E-state index contributed by atoms with van der Waals surface area (Å²) in [4.78, 5) is 6.53.